The number of rotatable bonds is 44. The summed E-state index contributed by atoms with van der Waals surface area (Å²) in [5, 5.41) is 0. The van der Waals surface area contributed by atoms with E-state index in [4.69, 9.17) is 14.2 Å². The van der Waals surface area contributed by atoms with Crippen LogP contribution >= 0.6 is 0 Å². The molecule has 6 heteroatoms. The highest BCUT2D eigenvalue weighted by atomic mass is 16.6. The molecule has 0 aromatic heterocycles. The van der Waals surface area contributed by atoms with Crippen LogP contribution in [-0.4, -0.2) is 37.2 Å². The van der Waals surface area contributed by atoms with Gasteiger partial charge in [0.2, 0.25) is 0 Å². The lowest BCUT2D eigenvalue weighted by Gasteiger charge is -2.18. The molecule has 0 fully saturated rings. The van der Waals surface area contributed by atoms with Crippen molar-refractivity contribution in [2.75, 3.05) is 13.2 Å². The third kappa shape index (κ3) is 44.6. The van der Waals surface area contributed by atoms with E-state index >= 15 is 0 Å². The van der Waals surface area contributed by atoms with Gasteiger partial charge in [-0.1, -0.05) is 198 Å². The van der Waals surface area contributed by atoms with Gasteiger partial charge in [0, 0.05) is 19.3 Å². The highest BCUT2D eigenvalue weighted by Gasteiger charge is 2.19. The largest absolute Gasteiger partial charge is 0.462 e. The van der Waals surface area contributed by atoms with Crippen LogP contribution in [0.4, 0.5) is 0 Å². The molecule has 332 valence electrons. The molecule has 0 bridgehead atoms. The summed E-state index contributed by atoms with van der Waals surface area (Å²) in [6.07, 6.45) is 52.6. The van der Waals surface area contributed by atoms with E-state index < -0.39 is 6.10 Å². The second-order valence-electron chi connectivity index (χ2n) is 16.4. The molecule has 0 saturated heterocycles. The van der Waals surface area contributed by atoms with Gasteiger partial charge in [-0.25, -0.2) is 0 Å². The number of carbonyl (C=O) groups is 3. The lowest BCUT2D eigenvalue weighted by molar-refractivity contribution is -0.167. The maximum absolute atomic E-state index is 12.7. The van der Waals surface area contributed by atoms with Gasteiger partial charge in [-0.15, -0.1) is 0 Å². The fraction of sp³-hybridized carbons (Fsp3) is 0.824. The van der Waals surface area contributed by atoms with Crippen LogP contribution in [0.3, 0.4) is 0 Å². The number of carbonyl (C=O) groups excluding carboxylic acids is 3. The Labute approximate surface area is 353 Å². The van der Waals surface area contributed by atoms with Crippen LogP contribution in [0.15, 0.2) is 36.5 Å². The predicted octanol–water partition coefficient (Wildman–Crippen LogP) is 15.8. The Kier molecular flexibility index (Phi) is 44.4. The summed E-state index contributed by atoms with van der Waals surface area (Å²) in [4.78, 5) is 37.8. The zero-order valence-corrected chi connectivity index (χ0v) is 37.9. The SMILES string of the molecule is CCCC/C=C\C/C=C\CCCCCCCC(=O)OC[C@@H](COC(=O)CCCCCCCCCCCCCC)OC(=O)CCCCCCC/C=C\CCCCCC. The van der Waals surface area contributed by atoms with Gasteiger partial charge in [0.1, 0.15) is 13.2 Å². The number of hydrogen-bond acceptors (Lipinski definition) is 6. The Morgan fingerprint density at radius 3 is 1.05 bits per heavy atom. The van der Waals surface area contributed by atoms with Crippen LogP contribution in [0, 0.1) is 0 Å². The first-order valence-corrected chi connectivity index (χ1v) is 24.5. The van der Waals surface area contributed by atoms with Gasteiger partial charge in [-0.2, -0.15) is 0 Å². The number of allylic oxidation sites excluding steroid dienone is 6. The highest BCUT2D eigenvalue weighted by molar-refractivity contribution is 5.71. The average molecular weight is 801 g/mol. The van der Waals surface area contributed by atoms with Gasteiger partial charge < -0.3 is 14.2 Å². The zero-order valence-electron chi connectivity index (χ0n) is 37.9. The quantitative estimate of drug-likeness (QED) is 0.0264. The molecule has 0 aliphatic rings. The first-order valence-electron chi connectivity index (χ1n) is 24.5. The summed E-state index contributed by atoms with van der Waals surface area (Å²) in [7, 11) is 0. The second kappa shape index (κ2) is 46.3. The molecule has 1 atom stereocenters. The van der Waals surface area contributed by atoms with E-state index in [2.05, 4.69) is 57.2 Å². The highest BCUT2D eigenvalue weighted by Crippen LogP contribution is 2.15. The van der Waals surface area contributed by atoms with E-state index in [0.29, 0.717) is 19.3 Å². The normalized spacial score (nSPS) is 12.3. The number of esters is 3. The summed E-state index contributed by atoms with van der Waals surface area (Å²) >= 11 is 0. The Balaban J connectivity index is 4.39. The number of ether oxygens (including phenoxy) is 3. The molecule has 0 heterocycles. The molecule has 0 aromatic rings. The van der Waals surface area contributed by atoms with Crippen molar-refractivity contribution in [2.24, 2.45) is 0 Å². The standard InChI is InChI=1S/C51H92O6/c1-4-7-10-13-16-19-22-25-27-29-32-35-38-41-44-50(53)56-47-48(46-55-49(52)43-40-37-34-31-28-24-21-18-15-12-9-6-3)57-51(54)45-42-39-36-33-30-26-23-20-17-14-11-8-5-2/h13,16,20,22-23,25,48H,4-12,14-15,17-19,21,24,26-47H2,1-3H3/b16-13-,23-20-,25-22-/t48-/m1/s1. The van der Waals surface area contributed by atoms with Gasteiger partial charge in [0.25, 0.3) is 0 Å². The fourth-order valence-electron chi connectivity index (χ4n) is 6.86. The van der Waals surface area contributed by atoms with E-state index in [1.165, 1.54) is 122 Å². The van der Waals surface area contributed by atoms with Crippen molar-refractivity contribution in [2.45, 2.75) is 258 Å². The molecule has 0 unspecified atom stereocenters. The molecular formula is C51H92O6. The summed E-state index contributed by atoms with van der Waals surface area (Å²) in [5.41, 5.74) is 0. The van der Waals surface area contributed by atoms with E-state index in [0.717, 1.165) is 89.9 Å². The Morgan fingerprint density at radius 2 is 0.649 bits per heavy atom. The van der Waals surface area contributed by atoms with Crippen molar-refractivity contribution in [3.8, 4) is 0 Å². The third-order valence-corrected chi connectivity index (χ3v) is 10.6. The van der Waals surface area contributed by atoms with E-state index in [-0.39, 0.29) is 31.1 Å². The number of unbranched alkanes of at least 4 members (excludes halogenated alkanes) is 27. The van der Waals surface area contributed by atoms with Crippen LogP contribution in [0.5, 0.6) is 0 Å². The van der Waals surface area contributed by atoms with E-state index in [1.807, 2.05) is 0 Å². The molecule has 0 radical (unpaired) electrons. The maximum atomic E-state index is 12.7. The van der Waals surface area contributed by atoms with Crippen LogP contribution < -0.4 is 0 Å². The molecule has 57 heavy (non-hydrogen) atoms. The van der Waals surface area contributed by atoms with Gasteiger partial charge in [0.05, 0.1) is 0 Å². The zero-order chi connectivity index (χ0) is 41.5. The van der Waals surface area contributed by atoms with Crippen molar-refractivity contribution in [3.63, 3.8) is 0 Å². The molecule has 0 saturated carbocycles. The molecular weight excluding hydrogens is 709 g/mol. The van der Waals surface area contributed by atoms with Crippen LogP contribution in [0.2, 0.25) is 0 Å². The molecule has 0 N–H and O–H groups in total. The minimum absolute atomic E-state index is 0.0776. The van der Waals surface area contributed by atoms with Crippen LogP contribution in [0.1, 0.15) is 252 Å². The molecule has 0 spiro atoms. The van der Waals surface area contributed by atoms with Crippen LogP contribution in [0.25, 0.3) is 0 Å². The lowest BCUT2D eigenvalue weighted by Crippen LogP contribution is -2.30. The summed E-state index contributed by atoms with van der Waals surface area (Å²) in [6, 6.07) is 0. The molecule has 0 aliphatic carbocycles. The van der Waals surface area contributed by atoms with Gasteiger partial charge in [-0.3, -0.25) is 14.4 Å². The van der Waals surface area contributed by atoms with Gasteiger partial charge in [-0.05, 0) is 70.6 Å². The van der Waals surface area contributed by atoms with E-state index in [9.17, 15) is 14.4 Å². The van der Waals surface area contributed by atoms with Crippen molar-refractivity contribution >= 4 is 17.9 Å². The summed E-state index contributed by atoms with van der Waals surface area (Å²) in [5.74, 6) is -0.895. The topological polar surface area (TPSA) is 78.9 Å². The second-order valence-corrected chi connectivity index (χ2v) is 16.4. The Morgan fingerprint density at radius 1 is 0.351 bits per heavy atom. The molecule has 6 nitrogen and oxygen atoms in total. The molecule has 0 amide bonds. The molecule has 0 rings (SSSR count). The number of hydrogen-bond donors (Lipinski definition) is 0. The predicted molar refractivity (Wildman–Crippen MR) is 242 cm³/mol. The average Bonchev–Trinajstić information content (AvgIpc) is 3.21. The van der Waals surface area contributed by atoms with Crippen molar-refractivity contribution in [1.29, 1.82) is 0 Å². The fourth-order valence-corrected chi connectivity index (χ4v) is 6.86. The molecule has 0 aliphatic heterocycles. The molecule has 0 aromatic carbocycles. The monoisotopic (exact) mass is 801 g/mol. The van der Waals surface area contributed by atoms with Crippen molar-refractivity contribution in [1.82, 2.24) is 0 Å². The first-order chi connectivity index (χ1) is 28.0. The van der Waals surface area contributed by atoms with Gasteiger partial charge >= 0.3 is 17.9 Å². The smallest absolute Gasteiger partial charge is 0.306 e. The summed E-state index contributed by atoms with van der Waals surface area (Å²) in [6.45, 7) is 6.57. The maximum Gasteiger partial charge on any atom is 0.306 e. The first kappa shape index (κ1) is 54.6. The van der Waals surface area contributed by atoms with Crippen molar-refractivity contribution in [3.05, 3.63) is 36.5 Å². The van der Waals surface area contributed by atoms with Crippen molar-refractivity contribution < 1.29 is 28.6 Å². The lowest BCUT2D eigenvalue weighted by atomic mass is 10.0. The third-order valence-electron chi connectivity index (χ3n) is 10.6. The minimum Gasteiger partial charge on any atom is -0.462 e. The van der Waals surface area contributed by atoms with Crippen LogP contribution in [-0.2, 0) is 28.6 Å². The van der Waals surface area contributed by atoms with E-state index in [1.54, 1.807) is 0 Å². The Hall–Kier alpha value is -2.37. The van der Waals surface area contributed by atoms with Gasteiger partial charge in [0.15, 0.2) is 6.10 Å². The Bertz CT molecular complexity index is 969. The summed E-state index contributed by atoms with van der Waals surface area (Å²) < 4.78 is 16.7. The minimum atomic E-state index is -0.777.